The number of nitrogen functional groups attached to an aromatic ring is 1. The Labute approximate surface area is 150 Å². The lowest BCUT2D eigenvalue weighted by molar-refractivity contribution is -0.107. The molecule has 6 heteroatoms. The van der Waals surface area contributed by atoms with E-state index in [0.29, 0.717) is 39.6 Å². The number of nitrogens with two attached hydrogens (primary N) is 1. The lowest BCUT2D eigenvalue weighted by atomic mass is 9.77. The summed E-state index contributed by atoms with van der Waals surface area (Å²) in [6, 6.07) is 5.99. The summed E-state index contributed by atoms with van der Waals surface area (Å²) in [6.07, 6.45) is 0.165. The normalized spacial score (nSPS) is 17.4. The van der Waals surface area contributed by atoms with Gasteiger partial charge in [-0.3, -0.25) is 0 Å². The first-order chi connectivity index (χ1) is 11.9. The van der Waals surface area contributed by atoms with Gasteiger partial charge >= 0.3 is 0 Å². The van der Waals surface area contributed by atoms with Crippen LogP contribution in [0.1, 0.15) is 32.8 Å². The fraction of sp³-hybridized carbons (Fsp3) is 0.684. The highest BCUT2D eigenvalue weighted by molar-refractivity contribution is 5.63. The number of ether oxygens (including phenoxy) is 3. The second-order valence-electron chi connectivity index (χ2n) is 6.99. The van der Waals surface area contributed by atoms with Crippen molar-refractivity contribution in [2.75, 3.05) is 56.8 Å². The zero-order valence-electron chi connectivity index (χ0n) is 15.7. The van der Waals surface area contributed by atoms with Gasteiger partial charge in [0.25, 0.3) is 0 Å². The van der Waals surface area contributed by atoms with Gasteiger partial charge in [0.1, 0.15) is 0 Å². The van der Waals surface area contributed by atoms with Crippen LogP contribution in [0.3, 0.4) is 0 Å². The highest BCUT2D eigenvalue weighted by atomic mass is 16.6. The lowest BCUT2D eigenvalue weighted by Gasteiger charge is -2.41. The topological polar surface area (TPSA) is 77.2 Å². The monoisotopic (exact) mass is 352 g/mol. The highest BCUT2D eigenvalue weighted by Crippen LogP contribution is 2.40. The molecular weight excluding hydrogens is 320 g/mol. The Kier molecular flexibility index (Phi) is 7.50. The van der Waals surface area contributed by atoms with Crippen LogP contribution in [-0.2, 0) is 19.6 Å². The predicted octanol–water partition coefficient (Wildman–Crippen LogP) is 2.14. The van der Waals surface area contributed by atoms with Gasteiger partial charge in [0.05, 0.1) is 33.0 Å². The summed E-state index contributed by atoms with van der Waals surface area (Å²) in [5.74, 6) is 0. The molecule has 1 aliphatic heterocycles. The van der Waals surface area contributed by atoms with E-state index in [-0.39, 0.29) is 5.41 Å². The van der Waals surface area contributed by atoms with Gasteiger partial charge in [-0.25, -0.2) is 0 Å². The lowest BCUT2D eigenvalue weighted by Crippen LogP contribution is -2.42. The molecule has 0 aliphatic carbocycles. The Morgan fingerprint density at radius 2 is 1.92 bits per heavy atom. The van der Waals surface area contributed by atoms with Crippen LogP contribution in [-0.4, -0.2) is 57.5 Å². The Morgan fingerprint density at radius 3 is 2.68 bits per heavy atom. The molecule has 0 fully saturated rings. The van der Waals surface area contributed by atoms with E-state index in [9.17, 15) is 5.11 Å². The smallest absolute Gasteiger partial charge is 0.172 e. The fourth-order valence-corrected chi connectivity index (χ4v) is 3.08. The molecule has 0 saturated carbocycles. The van der Waals surface area contributed by atoms with Crippen molar-refractivity contribution in [1.82, 2.24) is 0 Å². The summed E-state index contributed by atoms with van der Waals surface area (Å²) in [7, 11) is 0. The number of rotatable bonds is 10. The van der Waals surface area contributed by atoms with E-state index in [1.165, 1.54) is 5.56 Å². The van der Waals surface area contributed by atoms with Crippen LogP contribution in [0.2, 0.25) is 0 Å². The van der Waals surface area contributed by atoms with Crippen molar-refractivity contribution < 1.29 is 19.3 Å². The number of hydrogen-bond acceptors (Lipinski definition) is 6. The third kappa shape index (κ3) is 5.85. The van der Waals surface area contributed by atoms with E-state index in [1.807, 2.05) is 25.1 Å². The SMILES string of the molecule is CCOCCOCCOC(O)CN1CCC(C)(C)c2cc(N)ccc21. The summed E-state index contributed by atoms with van der Waals surface area (Å²) < 4.78 is 16.0. The largest absolute Gasteiger partial charge is 0.399 e. The van der Waals surface area contributed by atoms with Gasteiger partial charge in [-0.15, -0.1) is 0 Å². The molecule has 25 heavy (non-hydrogen) atoms. The second-order valence-corrected chi connectivity index (χ2v) is 6.99. The summed E-state index contributed by atoms with van der Waals surface area (Å²) in [4.78, 5) is 2.17. The summed E-state index contributed by atoms with van der Waals surface area (Å²) in [5.41, 5.74) is 9.17. The molecule has 0 saturated heterocycles. The van der Waals surface area contributed by atoms with Crippen molar-refractivity contribution in [2.24, 2.45) is 0 Å². The van der Waals surface area contributed by atoms with Gasteiger partial charge in [0, 0.05) is 24.5 Å². The number of hydrogen-bond donors (Lipinski definition) is 2. The molecule has 0 bridgehead atoms. The quantitative estimate of drug-likeness (QED) is 0.382. The maximum atomic E-state index is 10.2. The van der Waals surface area contributed by atoms with Gasteiger partial charge in [0.15, 0.2) is 6.29 Å². The number of nitrogens with zero attached hydrogens (tertiary/aromatic N) is 1. The predicted molar refractivity (Wildman–Crippen MR) is 100.0 cm³/mol. The first kappa shape index (κ1) is 20.0. The van der Waals surface area contributed by atoms with E-state index in [4.69, 9.17) is 19.9 Å². The fourth-order valence-electron chi connectivity index (χ4n) is 3.08. The molecular formula is C19H32N2O4. The Balaban J connectivity index is 1.81. The van der Waals surface area contributed by atoms with Crippen LogP contribution in [0.4, 0.5) is 11.4 Å². The minimum absolute atomic E-state index is 0.0847. The minimum Gasteiger partial charge on any atom is -0.399 e. The standard InChI is InChI=1S/C19H32N2O4/c1-4-23-9-10-24-11-12-25-18(22)14-21-8-7-19(2,3)16-13-15(20)5-6-17(16)21/h5-6,13,18,22H,4,7-12,14,20H2,1-3H3. The maximum Gasteiger partial charge on any atom is 0.172 e. The van der Waals surface area contributed by atoms with Gasteiger partial charge in [-0.05, 0) is 42.5 Å². The molecule has 0 spiro atoms. The first-order valence-electron chi connectivity index (χ1n) is 9.04. The number of β-amino-alcohol motifs (C(OH)–C–C–N with tert-alkyl or cyclic N) is 1. The van der Waals surface area contributed by atoms with E-state index in [1.54, 1.807) is 0 Å². The molecule has 1 atom stereocenters. The van der Waals surface area contributed by atoms with Crippen molar-refractivity contribution in [2.45, 2.75) is 38.9 Å². The number of benzene rings is 1. The van der Waals surface area contributed by atoms with Crippen LogP contribution in [0.15, 0.2) is 18.2 Å². The zero-order valence-corrected chi connectivity index (χ0v) is 15.7. The molecule has 1 aromatic carbocycles. The molecule has 1 aliphatic rings. The molecule has 0 aromatic heterocycles. The number of aliphatic hydroxyl groups is 1. The second kappa shape index (κ2) is 9.38. The molecule has 1 unspecified atom stereocenters. The molecule has 0 radical (unpaired) electrons. The molecule has 3 N–H and O–H groups in total. The number of anilines is 2. The van der Waals surface area contributed by atoms with Gasteiger partial charge in [-0.1, -0.05) is 13.8 Å². The van der Waals surface area contributed by atoms with Crippen molar-refractivity contribution in [1.29, 1.82) is 0 Å². The van der Waals surface area contributed by atoms with Gasteiger partial charge in [0.2, 0.25) is 0 Å². The maximum absolute atomic E-state index is 10.2. The molecule has 6 nitrogen and oxygen atoms in total. The number of fused-ring (bicyclic) bond motifs is 1. The molecule has 2 rings (SSSR count). The van der Waals surface area contributed by atoms with E-state index < -0.39 is 6.29 Å². The van der Waals surface area contributed by atoms with E-state index in [0.717, 1.165) is 24.3 Å². The average Bonchev–Trinajstić information content (AvgIpc) is 2.57. The Hall–Kier alpha value is -1.34. The van der Waals surface area contributed by atoms with Crippen LogP contribution in [0.25, 0.3) is 0 Å². The van der Waals surface area contributed by atoms with Crippen molar-refractivity contribution in [3.05, 3.63) is 23.8 Å². The number of aliphatic hydroxyl groups excluding tert-OH is 1. The van der Waals surface area contributed by atoms with Gasteiger partial charge in [-0.2, -0.15) is 0 Å². The van der Waals surface area contributed by atoms with Crippen LogP contribution in [0.5, 0.6) is 0 Å². The molecule has 1 aromatic rings. The molecule has 1 heterocycles. The van der Waals surface area contributed by atoms with Crippen molar-refractivity contribution in [3.8, 4) is 0 Å². The first-order valence-corrected chi connectivity index (χ1v) is 9.04. The van der Waals surface area contributed by atoms with Crippen molar-refractivity contribution >= 4 is 11.4 Å². The summed E-state index contributed by atoms with van der Waals surface area (Å²) in [5, 5.41) is 10.2. The third-order valence-corrected chi connectivity index (χ3v) is 4.59. The molecule has 0 amide bonds. The third-order valence-electron chi connectivity index (χ3n) is 4.59. The minimum atomic E-state index is -0.845. The highest BCUT2D eigenvalue weighted by Gasteiger charge is 2.32. The van der Waals surface area contributed by atoms with Gasteiger partial charge < -0.3 is 30.0 Å². The average molecular weight is 352 g/mol. The van der Waals surface area contributed by atoms with Crippen LogP contribution in [0, 0.1) is 0 Å². The molecule has 142 valence electrons. The van der Waals surface area contributed by atoms with E-state index >= 15 is 0 Å². The van der Waals surface area contributed by atoms with Crippen molar-refractivity contribution in [3.63, 3.8) is 0 Å². The van der Waals surface area contributed by atoms with Crippen LogP contribution < -0.4 is 10.6 Å². The Bertz CT molecular complexity index is 536. The van der Waals surface area contributed by atoms with Crippen LogP contribution >= 0.6 is 0 Å². The Morgan fingerprint density at radius 1 is 1.20 bits per heavy atom. The zero-order chi connectivity index (χ0) is 18.3. The summed E-state index contributed by atoms with van der Waals surface area (Å²) >= 11 is 0. The summed E-state index contributed by atoms with van der Waals surface area (Å²) in [6.45, 7) is 10.4. The van der Waals surface area contributed by atoms with E-state index in [2.05, 4.69) is 18.7 Å².